The first-order valence-electron chi connectivity index (χ1n) is 31.7. The number of hydrogen-bond acceptors (Lipinski definition) is 3. The topological polar surface area (TPSA) is 9.72 Å². The van der Waals surface area contributed by atoms with E-state index in [0.29, 0.717) is 0 Å². The van der Waals surface area contributed by atoms with Crippen molar-refractivity contribution in [1.82, 2.24) is 0 Å². The van der Waals surface area contributed by atoms with Crippen LogP contribution in [0.2, 0.25) is 0 Å². The van der Waals surface area contributed by atoms with Crippen LogP contribution in [-0.4, -0.2) is 12.3 Å². The van der Waals surface area contributed by atoms with Crippen molar-refractivity contribution < 1.29 is 0 Å². The molecular formula is C82H80BN3. The molecule has 3 nitrogen and oxygen atoms in total. The van der Waals surface area contributed by atoms with Gasteiger partial charge >= 0.3 is 0 Å². The van der Waals surface area contributed by atoms with E-state index in [4.69, 9.17) is 0 Å². The summed E-state index contributed by atoms with van der Waals surface area (Å²) >= 11 is 0. The van der Waals surface area contributed by atoms with Crippen molar-refractivity contribution in [2.45, 2.75) is 141 Å². The zero-order valence-electron chi connectivity index (χ0n) is 52.5. The highest BCUT2D eigenvalue weighted by Crippen LogP contribution is 2.62. The maximum absolute atomic E-state index is 2.82. The van der Waals surface area contributed by atoms with Gasteiger partial charge in [0.15, 0.2) is 0 Å². The Kier molecular flexibility index (Phi) is 12.1. The van der Waals surface area contributed by atoms with Gasteiger partial charge in [-0.05, 0) is 163 Å². The third-order valence-electron chi connectivity index (χ3n) is 21.6. The second-order valence-electron chi connectivity index (χ2n) is 29.3. The molecule has 2 unspecified atom stereocenters. The van der Waals surface area contributed by atoms with Crippen LogP contribution in [0.4, 0.5) is 45.5 Å². The molecule has 0 N–H and O–H groups in total. The first-order chi connectivity index (χ1) is 41.2. The molecule has 4 heteroatoms. The summed E-state index contributed by atoms with van der Waals surface area (Å²) in [6.07, 6.45) is 4.68. The van der Waals surface area contributed by atoms with Crippen molar-refractivity contribution in [1.29, 1.82) is 0 Å². The predicted octanol–water partition coefficient (Wildman–Crippen LogP) is 20.1. The maximum Gasteiger partial charge on any atom is 0.252 e. The Morgan fingerprint density at radius 1 is 0.349 bits per heavy atom. The summed E-state index contributed by atoms with van der Waals surface area (Å²) in [4.78, 5) is 8.28. The normalized spacial score (nSPS) is 19.4. The number of nitrogens with zero attached hydrogens (tertiary/aromatic N) is 3. The SMILES string of the molecule is CC(C)(C)c1ccc(N2c3ccc(-c4ccccc4)cc3B3c4cc5c(cc4N(c4ccc(C(C)(C)C)cc4-c4ccccc4)c4cc(N6c7ccccc7C7(C)CCCCC67C)cc2c43)C(C)(C)c2ccccc2C5(C)C)c(-c2ccccc2)c1. The Labute approximate surface area is 512 Å². The van der Waals surface area contributed by atoms with Crippen LogP contribution in [0.25, 0.3) is 33.4 Å². The Bertz CT molecular complexity index is 4370. The molecule has 15 rings (SSSR count). The van der Waals surface area contributed by atoms with Crippen LogP contribution in [0.15, 0.2) is 218 Å². The molecule has 0 radical (unpaired) electrons. The van der Waals surface area contributed by atoms with Gasteiger partial charge in [-0.15, -0.1) is 0 Å². The molecule has 86 heavy (non-hydrogen) atoms. The van der Waals surface area contributed by atoms with Crippen molar-refractivity contribution in [3.63, 3.8) is 0 Å². The molecule has 426 valence electrons. The molecule has 3 heterocycles. The molecule has 1 fully saturated rings. The summed E-state index contributed by atoms with van der Waals surface area (Å²) in [5.41, 5.74) is 29.8. The first-order valence-corrected chi connectivity index (χ1v) is 31.7. The smallest absolute Gasteiger partial charge is 0.252 e. The van der Waals surface area contributed by atoms with Gasteiger partial charge in [0.1, 0.15) is 0 Å². The number of anilines is 8. The molecule has 10 aromatic rings. The second-order valence-corrected chi connectivity index (χ2v) is 29.3. The molecule has 0 amide bonds. The van der Waals surface area contributed by atoms with E-state index in [1.165, 1.54) is 147 Å². The largest absolute Gasteiger partial charge is 0.334 e. The average molecular weight is 1120 g/mol. The van der Waals surface area contributed by atoms with Crippen molar-refractivity contribution in [3.8, 4) is 33.4 Å². The Balaban J connectivity index is 1.13. The lowest BCUT2D eigenvalue weighted by atomic mass is 9.33. The Morgan fingerprint density at radius 2 is 0.802 bits per heavy atom. The van der Waals surface area contributed by atoms with Crippen molar-refractivity contribution in [3.05, 3.63) is 257 Å². The molecule has 0 saturated heterocycles. The lowest BCUT2D eigenvalue weighted by molar-refractivity contribution is 0.195. The minimum Gasteiger partial charge on any atom is -0.334 e. The van der Waals surface area contributed by atoms with Gasteiger partial charge in [-0.1, -0.05) is 253 Å². The fourth-order valence-corrected chi connectivity index (χ4v) is 16.6. The van der Waals surface area contributed by atoms with E-state index < -0.39 is 0 Å². The average Bonchev–Trinajstić information content (AvgIpc) is 0.952. The molecule has 10 aromatic carbocycles. The number of rotatable bonds is 6. The van der Waals surface area contributed by atoms with Gasteiger partial charge in [0.05, 0.1) is 16.9 Å². The minimum absolute atomic E-state index is 0.0514. The number of fused-ring (bicyclic) bond motifs is 9. The van der Waals surface area contributed by atoms with E-state index >= 15 is 0 Å². The third kappa shape index (κ3) is 7.93. The second kappa shape index (κ2) is 19.1. The van der Waals surface area contributed by atoms with E-state index in [-0.39, 0.29) is 39.3 Å². The third-order valence-corrected chi connectivity index (χ3v) is 21.6. The summed E-state index contributed by atoms with van der Waals surface area (Å²) in [5.74, 6) is 0. The fourth-order valence-electron chi connectivity index (χ4n) is 16.6. The Morgan fingerprint density at radius 3 is 1.35 bits per heavy atom. The maximum atomic E-state index is 2.82. The highest BCUT2D eigenvalue weighted by Gasteiger charge is 2.58. The molecule has 2 atom stereocenters. The van der Waals surface area contributed by atoms with E-state index in [0.717, 1.165) is 12.8 Å². The standard InChI is InChI=1S/C82H80BN3/c1-77(2,3)57-39-42-69(60(47-57)54-30-18-14-19-31-54)84-72-41-38-56(53-28-16-13-17-29-53)46-67(72)83-68-51-65-66(80(9,10)63-35-23-22-34-62(63)79(65,7)8)52-73(68)85(70-43-40-58(78(4,5)6)48-61(70)55-32-20-15-21-33-55)75-50-59(49-74(84)76(75)83)86-71-37-25-24-36-64(71)81(11)44-26-27-45-82(81,86)12/h13-25,28-43,46-52H,26-27,44-45H2,1-12H3. The van der Waals surface area contributed by atoms with Crippen LogP contribution < -0.4 is 31.1 Å². The van der Waals surface area contributed by atoms with E-state index in [1.807, 2.05) is 0 Å². The zero-order valence-corrected chi connectivity index (χ0v) is 52.5. The quantitative estimate of drug-likeness (QED) is 0.154. The Hall–Kier alpha value is -8.34. The van der Waals surface area contributed by atoms with E-state index in [2.05, 4.69) is 316 Å². The summed E-state index contributed by atoms with van der Waals surface area (Å²) < 4.78 is 0. The minimum atomic E-state index is -0.290. The number of para-hydroxylation sites is 1. The molecule has 0 spiro atoms. The number of hydrogen-bond donors (Lipinski definition) is 0. The van der Waals surface area contributed by atoms with Gasteiger partial charge in [-0.2, -0.15) is 0 Å². The van der Waals surface area contributed by atoms with Crippen LogP contribution in [0, 0.1) is 0 Å². The van der Waals surface area contributed by atoms with Gasteiger partial charge in [0, 0.05) is 61.5 Å². The summed E-state index contributed by atoms with van der Waals surface area (Å²) in [7, 11) is 0. The van der Waals surface area contributed by atoms with Crippen molar-refractivity contribution in [2.24, 2.45) is 0 Å². The van der Waals surface area contributed by atoms with Gasteiger partial charge in [0.25, 0.3) is 6.71 Å². The van der Waals surface area contributed by atoms with E-state index in [1.54, 1.807) is 0 Å². The van der Waals surface area contributed by atoms with Crippen LogP contribution >= 0.6 is 0 Å². The zero-order chi connectivity index (χ0) is 59.5. The van der Waals surface area contributed by atoms with Crippen LogP contribution in [0.3, 0.4) is 0 Å². The summed E-state index contributed by atoms with van der Waals surface area (Å²) in [5, 5.41) is 0. The highest BCUT2D eigenvalue weighted by molar-refractivity contribution is 7.00. The van der Waals surface area contributed by atoms with Gasteiger partial charge in [0.2, 0.25) is 0 Å². The highest BCUT2D eigenvalue weighted by atomic mass is 15.3. The molecular weight excluding hydrogens is 1040 g/mol. The monoisotopic (exact) mass is 1120 g/mol. The van der Waals surface area contributed by atoms with Gasteiger partial charge in [-0.3, -0.25) is 0 Å². The lowest BCUT2D eigenvalue weighted by Crippen LogP contribution is -2.62. The molecule has 1 saturated carbocycles. The predicted molar refractivity (Wildman–Crippen MR) is 368 cm³/mol. The summed E-state index contributed by atoms with van der Waals surface area (Å²) in [6, 6.07) is 85.0. The lowest BCUT2D eigenvalue weighted by Gasteiger charge is -2.51. The first kappa shape index (κ1) is 54.3. The molecule has 5 aliphatic rings. The van der Waals surface area contributed by atoms with Gasteiger partial charge < -0.3 is 14.7 Å². The van der Waals surface area contributed by atoms with E-state index in [9.17, 15) is 0 Å². The number of benzene rings is 10. The summed E-state index contributed by atoms with van der Waals surface area (Å²) in [6.45, 7) is 29.0. The van der Waals surface area contributed by atoms with Crippen molar-refractivity contribution in [2.75, 3.05) is 14.7 Å². The molecule has 0 aromatic heterocycles. The van der Waals surface area contributed by atoms with Gasteiger partial charge in [-0.25, -0.2) is 0 Å². The molecule has 2 aliphatic carbocycles. The van der Waals surface area contributed by atoms with Crippen molar-refractivity contribution >= 4 is 68.6 Å². The van der Waals surface area contributed by atoms with Crippen LogP contribution in [0.5, 0.6) is 0 Å². The molecule has 0 bridgehead atoms. The van der Waals surface area contributed by atoms with Crippen LogP contribution in [-0.2, 0) is 27.1 Å². The van der Waals surface area contributed by atoms with Crippen LogP contribution in [0.1, 0.15) is 148 Å². The molecule has 3 aliphatic heterocycles. The fraction of sp³-hybridized carbons (Fsp3) is 0.268.